The van der Waals surface area contributed by atoms with Crippen molar-refractivity contribution in [1.82, 2.24) is 19.5 Å². The Morgan fingerprint density at radius 1 is 0.344 bits per heavy atom. The number of aryl methyl sites for hydroxylation is 4. The highest BCUT2D eigenvalue weighted by atomic mass is 15.0. The predicted octanol–water partition coefficient (Wildman–Crippen LogP) is 14.8. The van der Waals surface area contributed by atoms with E-state index < -0.39 is 0 Å². The Kier molecular flexibility index (Phi) is 8.68. The molecule has 61 heavy (non-hydrogen) atoms. The summed E-state index contributed by atoms with van der Waals surface area (Å²) in [5, 5.41) is 5.92. The number of rotatable bonds is 6. The van der Waals surface area contributed by atoms with E-state index in [1.54, 1.807) is 0 Å². The summed E-state index contributed by atoms with van der Waals surface area (Å²) in [4.78, 5) is 15.8. The first-order chi connectivity index (χ1) is 29.8. The van der Waals surface area contributed by atoms with Crippen LogP contribution < -0.4 is 0 Å². The molecule has 11 aromatic rings. The molecule has 0 aliphatic carbocycles. The van der Waals surface area contributed by atoms with Gasteiger partial charge >= 0.3 is 0 Å². The third kappa shape index (κ3) is 6.45. The van der Waals surface area contributed by atoms with E-state index in [0.717, 1.165) is 72.4 Å². The van der Waals surface area contributed by atoms with Crippen molar-refractivity contribution in [3.05, 3.63) is 204 Å². The molecule has 0 unspecified atom stereocenters. The quantitative estimate of drug-likeness (QED) is 0.158. The summed E-state index contributed by atoms with van der Waals surface area (Å²) in [6.45, 7) is 8.56. The van der Waals surface area contributed by atoms with E-state index in [9.17, 15) is 0 Å². The molecular formula is C57H42N4. The summed E-state index contributed by atoms with van der Waals surface area (Å²) in [7, 11) is 0. The average Bonchev–Trinajstić information content (AvgIpc) is 3.63. The number of benzene rings is 8. The number of fused-ring (bicyclic) bond motifs is 7. The van der Waals surface area contributed by atoms with Crippen molar-refractivity contribution in [2.75, 3.05) is 0 Å². The summed E-state index contributed by atoms with van der Waals surface area (Å²) in [5.74, 6) is 0.705. The van der Waals surface area contributed by atoms with Gasteiger partial charge in [0.15, 0.2) is 5.82 Å². The van der Waals surface area contributed by atoms with E-state index >= 15 is 0 Å². The summed E-state index contributed by atoms with van der Waals surface area (Å²) in [6, 6.07) is 65.4. The minimum Gasteiger partial charge on any atom is -0.309 e. The van der Waals surface area contributed by atoms with Crippen LogP contribution in [0.4, 0.5) is 0 Å². The standard InChI is InChI=1S/C57H42N4/c1-35-27-36(2)30-43(29-35)50-34-51(44-31-37(3)28-38(4)32-44)60-57(59-50)41-21-19-39(20-22-41)42-23-25-49-48(33-42)54-47(56(58-49)40-13-7-5-8-14-40)24-26-53-55(54)46-17-11-12-18-52(46)61(53)45-15-9-6-10-16-45/h5-34H,1-4H3. The van der Waals surface area contributed by atoms with E-state index in [2.05, 4.69) is 214 Å². The molecule has 0 bridgehead atoms. The summed E-state index contributed by atoms with van der Waals surface area (Å²) >= 11 is 0. The first kappa shape index (κ1) is 36.4. The van der Waals surface area contributed by atoms with Crippen LogP contribution in [0.1, 0.15) is 22.3 Å². The van der Waals surface area contributed by atoms with Gasteiger partial charge in [-0.2, -0.15) is 0 Å². The molecule has 0 spiro atoms. The van der Waals surface area contributed by atoms with Crippen LogP contribution in [0.2, 0.25) is 0 Å². The summed E-state index contributed by atoms with van der Waals surface area (Å²) in [6.07, 6.45) is 0. The van der Waals surface area contributed by atoms with Gasteiger partial charge in [-0.25, -0.2) is 15.0 Å². The fraction of sp³-hybridized carbons (Fsp3) is 0.0702. The highest BCUT2D eigenvalue weighted by Gasteiger charge is 2.20. The van der Waals surface area contributed by atoms with Gasteiger partial charge in [0.2, 0.25) is 0 Å². The van der Waals surface area contributed by atoms with Crippen molar-refractivity contribution in [3.63, 3.8) is 0 Å². The molecular weight excluding hydrogens is 741 g/mol. The first-order valence-corrected chi connectivity index (χ1v) is 20.9. The van der Waals surface area contributed by atoms with E-state index in [-0.39, 0.29) is 0 Å². The maximum atomic E-state index is 5.38. The Balaban J connectivity index is 1.09. The second kappa shape index (κ2) is 14.5. The summed E-state index contributed by atoms with van der Waals surface area (Å²) < 4.78 is 2.39. The number of aromatic nitrogens is 4. The fourth-order valence-corrected chi connectivity index (χ4v) is 9.33. The number of para-hydroxylation sites is 2. The van der Waals surface area contributed by atoms with Gasteiger partial charge < -0.3 is 4.57 Å². The van der Waals surface area contributed by atoms with Crippen molar-refractivity contribution in [2.24, 2.45) is 0 Å². The Morgan fingerprint density at radius 2 is 0.918 bits per heavy atom. The lowest BCUT2D eigenvalue weighted by atomic mass is 9.94. The molecule has 3 heterocycles. The molecule has 4 heteroatoms. The number of nitrogens with zero attached hydrogens (tertiary/aromatic N) is 4. The topological polar surface area (TPSA) is 43.6 Å². The van der Waals surface area contributed by atoms with Crippen LogP contribution >= 0.6 is 0 Å². The van der Waals surface area contributed by atoms with Crippen LogP contribution in [0.3, 0.4) is 0 Å². The molecule has 290 valence electrons. The molecule has 0 aliphatic heterocycles. The van der Waals surface area contributed by atoms with Crippen LogP contribution in [0.25, 0.3) is 105 Å². The van der Waals surface area contributed by atoms with Crippen molar-refractivity contribution >= 4 is 43.5 Å². The van der Waals surface area contributed by atoms with E-state index in [0.29, 0.717) is 5.82 Å². The lowest BCUT2D eigenvalue weighted by Gasteiger charge is -2.14. The normalized spacial score (nSPS) is 11.6. The maximum absolute atomic E-state index is 5.38. The van der Waals surface area contributed by atoms with Gasteiger partial charge in [0.05, 0.1) is 33.6 Å². The van der Waals surface area contributed by atoms with Crippen LogP contribution in [-0.4, -0.2) is 19.5 Å². The Bertz CT molecular complexity index is 3380. The molecule has 3 aromatic heterocycles. The zero-order valence-electron chi connectivity index (χ0n) is 34.6. The van der Waals surface area contributed by atoms with Crippen molar-refractivity contribution in [3.8, 4) is 62.0 Å². The number of pyridine rings is 1. The smallest absolute Gasteiger partial charge is 0.160 e. The van der Waals surface area contributed by atoms with Crippen molar-refractivity contribution in [2.45, 2.75) is 27.7 Å². The SMILES string of the molecule is Cc1cc(C)cc(-c2cc(-c3cc(C)cc(C)c3)nc(-c3ccc(-c4ccc5nc(-c6ccccc6)c6ccc7c(c8ccccc8n7-c7ccccc7)c6c5c4)cc3)n2)c1. The minimum absolute atomic E-state index is 0.705. The Labute approximate surface area is 355 Å². The molecule has 0 saturated heterocycles. The van der Waals surface area contributed by atoms with Gasteiger partial charge in [-0.1, -0.05) is 138 Å². The van der Waals surface area contributed by atoms with Crippen LogP contribution in [0.5, 0.6) is 0 Å². The third-order valence-corrected chi connectivity index (χ3v) is 11.9. The Hall–Kier alpha value is -7.69. The fourth-order valence-electron chi connectivity index (χ4n) is 9.33. The lowest BCUT2D eigenvalue weighted by molar-refractivity contribution is 1.18. The van der Waals surface area contributed by atoms with Gasteiger partial charge in [0, 0.05) is 54.9 Å². The molecule has 8 aromatic carbocycles. The van der Waals surface area contributed by atoms with Gasteiger partial charge in [-0.3, -0.25) is 0 Å². The molecule has 0 saturated carbocycles. The van der Waals surface area contributed by atoms with Gasteiger partial charge in [0.25, 0.3) is 0 Å². The van der Waals surface area contributed by atoms with E-state index in [4.69, 9.17) is 15.0 Å². The lowest BCUT2D eigenvalue weighted by Crippen LogP contribution is -1.97. The largest absolute Gasteiger partial charge is 0.309 e. The molecule has 0 N–H and O–H groups in total. The van der Waals surface area contributed by atoms with Crippen LogP contribution in [0, 0.1) is 27.7 Å². The van der Waals surface area contributed by atoms with Gasteiger partial charge in [-0.15, -0.1) is 0 Å². The first-order valence-electron chi connectivity index (χ1n) is 20.9. The minimum atomic E-state index is 0.705. The average molecular weight is 783 g/mol. The predicted molar refractivity (Wildman–Crippen MR) is 255 cm³/mol. The van der Waals surface area contributed by atoms with Gasteiger partial charge in [-0.05, 0) is 106 Å². The molecule has 4 nitrogen and oxygen atoms in total. The highest BCUT2D eigenvalue weighted by molar-refractivity contribution is 6.29. The monoisotopic (exact) mass is 782 g/mol. The number of hydrogen-bond donors (Lipinski definition) is 0. The summed E-state index contributed by atoms with van der Waals surface area (Å²) in [5.41, 5.74) is 18.6. The second-order valence-corrected chi connectivity index (χ2v) is 16.4. The second-order valence-electron chi connectivity index (χ2n) is 16.4. The van der Waals surface area contributed by atoms with E-state index in [1.807, 2.05) is 0 Å². The molecule has 0 atom stereocenters. The number of hydrogen-bond acceptors (Lipinski definition) is 3. The van der Waals surface area contributed by atoms with E-state index in [1.165, 1.54) is 49.4 Å². The third-order valence-electron chi connectivity index (χ3n) is 11.9. The maximum Gasteiger partial charge on any atom is 0.160 e. The zero-order valence-corrected chi connectivity index (χ0v) is 34.6. The van der Waals surface area contributed by atoms with Crippen LogP contribution in [-0.2, 0) is 0 Å². The van der Waals surface area contributed by atoms with Crippen molar-refractivity contribution < 1.29 is 0 Å². The Morgan fingerprint density at radius 3 is 1.57 bits per heavy atom. The molecule has 0 fully saturated rings. The van der Waals surface area contributed by atoms with Gasteiger partial charge in [0.1, 0.15) is 0 Å². The molecule has 0 radical (unpaired) electrons. The molecule has 0 amide bonds. The highest BCUT2D eigenvalue weighted by Crippen LogP contribution is 2.43. The molecule has 0 aliphatic rings. The zero-order chi connectivity index (χ0) is 41.2. The van der Waals surface area contributed by atoms with Crippen LogP contribution in [0.15, 0.2) is 182 Å². The molecule has 11 rings (SSSR count). The van der Waals surface area contributed by atoms with Crippen molar-refractivity contribution in [1.29, 1.82) is 0 Å².